The molecule has 15 heavy (non-hydrogen) atoms. The standard InChI is InChI=1S/C10H12N4O/c1-10(3-5-15-7-10)13-9-8(6-11)2-4-12-14-9/h2,4H,3,5,7H2,1H3,(H,13,14). The van der Waals surface area contributed by atoms with Crippen LogP contribution in [0.4, 0.5) is 5.82 Å². The van der Waals surface area contributed by atoms with Crippen molar-refractivity contribution in [1.82, 2.24) is 10.2 Å². The van der Waals surface area contributed by atoms with E-state index in [1.54, 1.807) is 6.07 Å². The van der Waals surface area contributed by atoms with Gasteiger partial charge in [0.25, 0.3) is 0 Å². The van der Waals surface area contributed by atoms with Crippen molar-refractivity contribution < 1.29 is 4.74 Å². The summed E-state index contributed by atoms with van der Waals surface area (Å²) in [7, 11) is 0. The van der Waals surface area contributed by atoms with Gasteiger partial charge in [0.1, 0.15) is 6.07 Å². The Labute approximate surface area is 88.1 Å². The van der Waals surface area contributed by atoms with Gasteiger partial charge in [-0.25, -0.2) is 0 Å². The van der Waals surface area contributed by atoms with Crippen molar-refractivity contribution in [3.63, 3.8) is 0 Å². The van der Waals surface area contributed by atoms with Gasteiger partial charge >= 0.3 is 0 Å². The number of rotatable bonds is 2. The first kappa shape index (κ1) is 9.87. The SMILES string of the molecule is CC1(Nc2nnccc2C#N)CCOC1. The van der Waals surface area contributed by atoms with Crippen molar-refractivity contribution in [2.75, 3.05) is 18.5 Å². The summed E-state index contributed by atoms with van der Waals surface area (Å²) in [5.41, 5.74) is 0.375. The second-order valence-electron chi connectivity index (χ2n) is 3.89. The van der Waals surface area contributed by atoms with Crippen LogP contribution in [0.2, 0.25) is 0 Å². The average Bonchev–Trinajstić information content (AvgIpc) is 2.66. The molecule has 2 heterocycles. The Morgan fingerprint density at radius 2 is 2.53 bits per heavy atom. The van der Waals surface area contributed by atoms with Gasteiger partial charge in [0.15, 0.2) is 5.82 Å². The molecule has 1 aliphatic heterocycles. The molecule has 1 aliphatic rings. The largest absolute Gasteiger partial charge is 0.379 e. The zero-order chi connectivity index (χ0) is 10.7. The highest BCUT2D eigenvalue weighted by Crippen LogP contribution is 2.23. The summed E-state index contributed by atoms with van der Waals surface area (Å²) in [6.07, 6.45) is 2.42. The van der Waals surface area contributed by atoms with Gasteiger partial charge in [0, 0.05) is 6.61 Å². The normalized spacial score (nSPS) is 24.8. The fraction of sp³-hybridized carbons (Fsp3) is 0.500. The quantitative estimate of drug-likeness (QED) is 0.776. The number of nitrogens with one attached hydrogen (secondary N) is 1. The molecule has 5 nitrogen and oxygen atoms in total. The first-order valence-corrected chi connectivity index (χ1v) is 4.81. The number of hydrogen-bond donors (Lipinski definition) is 1. The Morgan fingerprint density at radius 3 is 3.20 bits per heavy atom. The summed E-state index contributed by atoms with van der Waals surface area (Å²) < 4.78 is 5.31. The Bertz CT molecular complexity index is 393. The molecule has 5 heteroatoms. The van der Waals surface area contributed by atoms with E-state index in [1.165, 1.54) is 6.20 Å². The number of anilines is 1. The molecule has 0 radical (unpaired) electrons. The van der Waals surface area contributed by atoms with E-state index >= 15 is 0 Å². The lowest BCUT2D eigenvalue weighted by atomic mass is 10.0. The highest BCUT2D eigenvalue weighted by molar-refractivity contribution is 5.51. The molecule has 0 aliphatic carbocycles. The third-order valence-corrected chi connectivity index (χ3v) is 2.48. The van der Waals surface area contributed by atoms with E-state index in [0.717, 1.165) is 13.0 Å². The minimum absolute atomic E-state index is 0.137. The lowest BCUT2D eigenvalue weighted by molar-refractivity contribution is 0.185. The van der Waals surface area contributed by atoms with Gasteiger partial charge in [0.2, 0.25) is 0 Å². The predicted octanol–water partition coefficient (Wildman–Crippen LogP) is 0.939. The summed E-state index contributed by atoms with van der Waals surface area (Å²) in [5.74, 6) is 0.535. The van der Waals surface area contributed by atoms with Crippen LogP contribution in [-0.2, 0) is 4.74 Å². The van der Waals surface area contributed by atoms with Crippen LogP contribution in [0.3, 0.4) is 0 Å². The van der Waals surface area contributed by atoms with Crippen LogP contribution in [0.25, 0.3) is 0 Å². The fourth-order valence-corrected chi connectivity index (χ4v) is 1.57. The van der Waals surface area contributed by atoms with Crippen molar-refractivity contribution in [3.8, 4) is 6.07 Å². The van der Waals surface area contributed by atoms with Crippen molar-refractivity contribution >= 4 is 5.82 Å². The second-order valence-corrected chi connectivity index (χ2v) is 3.89. The monoisotopic (exact) mass is 204 g/mol. The van der Waals surface area contributed by atoms with Gasteiger partial charge in [-0.05, 0) is 19.4 Å². The first-order chi connectivity index (χ1) is 7.23. The first-order valence-electron chi connectivity index (χ1n) is 4.81. The molecule has 78 valence electrons. The van der Waals surface area contributed by atoms with Crippen molar-refractivity contribution in [3.05, 3.63) is 17.8 Å². The molecule has 1 unspecified atom stereocenters. The average molecular weight is 204 g/mol. The molecule has 0 aromatic carbocycles. The van der Waals surface area contributed by atoms with E-state index in [1.807, 2.05) is 0 Å². The zero-order valence-corrected chi connectivity index (χ0v) is 8.53. The van der Waals surface area contributed by atoms with Gasteiger partial charge in [-0.15, -0.1) is 5.10 Å². The molecule has 0 amide bonds. The third kappa shape index (κ3) is 2.05. The van der Waals surface area contributed by atoms with Gasteiger partial charge in [-0.2, -0.15) is 10.4 Å². The molecular formula is C10H12N4O. The van der Waals surface area contributed by atoms with E-state index in [4.69, 9.17) is 10.00 Å². The van der Waals surface area contributed by atoms with Crippen LogP contribution < -0.4 is 5.32 Å². The summed E-state index contributed by atoms with van der Waals surface area (Å²) in [5, 5.41) is 19.8. The van der Waals surface area contributed by atoms with E-state index in [2.05, 4.69) is 28.5 Å². The molecule has 0 spiro atoms. The Morgan fingerprint density at radius 1 is 1.67 bits per heavy atom. The molecule has 0 saturated carbocycles. The van der Waals surface area contributed by atoms with Crippen molar-refractivity contribution in [2.45, 2.75) is 18.9 Å². The van der Waals surface area contributed by atoms with Crippen molar-refractivity contribution in [1.29, 1.82) is 5.26 Å². The van der Waals surface area contributed by atoms with Gasteiger partial charge in [-0.3, -0.25) is 0 Å². The third-order valence-electron chi connectivity index (χ3n) is 2.48. The van der Waals surface area contributed by atoms with E-state index in [-0.39, 0.29) is 5.54 Å². The van der Waals surface area contributed by atoms with Gasteiger partial charge < -0.3 is 10.1 Å². The van der Waals surface area contributed by atoms with Crippen LogP contribution in [-0.4, -0.2) is 29.0 Å². The lowest BCUT2D eigenvalue weighted by Crippen LogP contribution is -2.35. The van der Waals surface area contributed by atoms with Gasteiger partial charge in [0.05, 0.1) is 23.9 Å². The van der Waals surface area contributed by atoms with E-state index < -0.39 is 0 Å². The number of aromatic nitrogens is 2. The highest BCUT2D eigenvalue weighted by atomic mass is 16.5. The van der Waals surface area contributed by atoms with Crippen LogP contribution >= 0.6 is 0 Å². The summed E-state index contributed by atoms with van der Waals surface area (Å²) >= 11 is 0. The number of nitrogens with zero attached hydrogens (tertiary/aromatic N) is 3. The summed E-state index contributed by atoms with van der Waals surface area (Å²) in [6, 6.07) is 3.73. The van der Waals surface area contributed by atoms with Crippen LogP contribution in [0.15, 0.2) is 12.3 Å². The number of nitriles is 1. The molecule has 1 fully saturated rings. The molecule has 1 aromatic rings. The van der Waals surface area contributed by atoms with Crippen LogP contribution in [0, 0.1) is 11.3 Å². The zero-order valence-electron chi connectivity index (χ0n) is 8.53. The maximum Gasteiger partial charge on any atom is 0.167 e. The van der Waals surface area contributed by atoms with Gasteiger partial charge in [-0.1, -0.05) is 0 Å². The Hall–Kier alpha value is -1.67. The highest BCUT2D eigenvalue weighted by Gasteiger charge is 2.30. The lowest BCUT2D eigenvalue weighted by Gasteiger charge is -2.24. The molecule has 1 aromatic heterocycles. The van der Waals surface area contributed by atoms with Crippen LogP contribution in [0.1, 0.15) is 18.9 Å². The topological polar surface area (TPSA) is 70.8 Å². The molecule has 1 atom stereocenters. The Kier molecular flexibility index (Phi) is 2.52. The molecule has 1 N–H and O–H groups in total. The number of ether oxygens (including phenoxy) is 1. The number of hydrogen-bond acceptors (Lipinski definition) is 5. The van der Waals surface area contributed by atoms with Crippen LogP contribution in [0.5, 0.6) is 0 Å². The van der Waals surface area contributed by atoms with E-state index in [0.29, 0.717) is 18.0 Å². The molecule has 0 bridgehead atoms. The molecule has 1 saturated heterocycles. The molecular weight excluding hydrogens is 192 g/mol. The summed E-state index contributed by atoms with van der Waals surface area (Å²) in [4.78, 5) is 0. The summed E-state index contributed by atoms with van der Waals surface area (Å²) in [6.45, 7) is 3.43. The molecule has 2 rings (SSSR count). The maximum absolute atomic E-state index is 8.89. The minimum Gasteiger partial charge on any atom is -0.379 e. The second kappa shape index (κ2) is 3.83. The minimum atomic E-state index is -0.137. The smallest absolute Gasteiger partial charge is 0.167 e. The maximum atomic E-state index is 8.89. The van der Waals surface area contributed by atoms with Crippen molar-refractivity contribution in [2.24, 2.45) is 0 Å². The Balaban J connectivity index is 2.20. The fourth-order valence-electron chi connectivity index (χ4n) is 1.57. The van der Waals surface area contributed by atoms with E-state index in [9.17, 15) is 0 Å². The predicted molar refractivity (Wildman–Crippen MR) is 54.2 cm³/mol.